The fraction of sp³-hybridized carbons (Fsp3) is 0.765. The minimum atomic E-state index is 0.651. The first-order chi connectivity index (χ1) is 9.63. The maximum absolute atomic E-state index is 5.96. The molecule has 0 aromatic carbocycles. The van der Waals surface area contributed by atoms with Crippen LogP contribution in [0.3, 0.4) is 0 Å². The van der Waals surface area contributed by atoms with Crippen molar-refractivity contribution < 1.29 is 4.42 Å². The fourth-order valence-corrected chi connectivity index (χ4v) is 3.27. The van der Waals surface area contributed by atoms with Crippen molar-refractivity contribution in [2.75, 3.05) is 13.1 Å². The van der Waals surface area contributed by atoms with Crippen LogP contribution in [0.2, 0.25) is 0 Å². The molecule has 1 aromatic heterocycles. The molecule has 1 saturated carbocycles. The first kappa shape index (κ1) is 14.2. The Kier molecular flexibility index (Phi) is 4.18. The van der Waals surface area contributed by atoms with Crippen LogP contribution in [-0.4, -0.2) is 30.1 Å². The summed E-state index contributed by atoms with van der Waals surface area (Å²) in [5.74, 6) is 3.81. The van der Waals surface area contributed by atoms with Crippen molar-refractivity contribution in [1.29, 1.82) is 0 Å². The highest BCUT2D eigenvalue weighted by atomic mass is 16.3. The van der Waals surface area contributed by atoms with Crippen molar-refractivity contribution in [1.82, 2.24) is 10.2 Å². The Morgan fingerprint density at radius 3 is 2.60 bits per heavy atom. The predicted octanol–water partition coefficient (Wildman–Crippen LogP) is 3.37. The summed E-state index contributed by atoms with van der Waals surface area (Å²) in [5.41, 5.74) is 0. The van der Waals surface area contributed by atoms with E-state index in [1.54, 1.807) is 0 Å². The van der Waals surface area contributed by atoms with Gasteiger partial charge in [-0.3, -0.25) is 0 Å². The molecule has 1 aliphatic heterocycles. The van der Waals surface area contributed by atoms with E-state index in [0.29, 0.717) is 18.0 Å². The van der Waals surface area contributed by atoms with Crippen LogP contribution >= 0.6 is 0 Å². The summed E-state index contributed by atoms with van der Waals surface area (Å²) < 4.78 is 5.96. The van der Waals surface area contributed by atoms with Crippen LogP contribution in [0.4, 0.5) is 0 Å². The molecule has 2 aliphatic rings. The molecule has 20 heavy (non-hydrogen) atoms. The van der Waals surface area contributed by atoms with Gasteiger partial charge in [-0.05, 0) is 64.3 Å². The summed E-state index contributed by atoms with van der Waals surface area (Å²) in [4.78, 5) is 2.57. The molecular formula is C17H28N2O. The number of rotatable bonds is 5. The van der Waals surface area contributed by atoms with Crippen LogP contribution in [0.15, 0.2) is 16.5 Å². The quantitative estimate of drug-likeness (QED) is 0.894. The topological polar surface area (TPSA) is 28.4 Å². The Balaban J connectivity index is 1.42. The normalized spacial score (nSPS) is 28.2. The molecule has 3 rings (SSSR count). The molecule has 1 N–H and O–H groups in total. The summed E-state index contributed by atoms with van der Waals surface area (Å²) >= 11 is 0. The molecule has 1 saturated heterocycles. The second-order valence-electron chi connectivity index (χ2n) is 6.91. The first-order valence-corrected chi connectivity index (χ1v) is 8.19. The van der Waals surface area contributed by atoms with E-state index >= 15 is 0 Å². The number of hydrogen-bond acceptors (Lipinski definition) is 3. The minimum Gasteiger partial charge on any atom is -0.464 e. The molecule has 2 unspecified atom stereocenters. The maximum atomic E-state index is 5.96. The minimum absolute atomic E-state index is 0.651. The molecule has 0 bridgehead atoms. The summed E-state index contributed by atoms with van der Waals surface area (Å²) in [7, 11) is 0. The van der Waals surface area contributed by atoms with E-state index in [-0.39, 0.29) is 0 Å². The summed E-state index contributed by atoms with van der Waals surface area (Å²) in [6.07, 6.45) is 3.81. The van der Waals surface area contributed by atoms with Crippen LogP contribution in [0, 0.1) is 5.92 Å². The van der Waals surface area contributed by atoms with E-state index in [2.05, 4.69) is 43.1 Å². The Bertz CT molecular complexity index is 432. The Morgan fingerprint density at radius 1 is 1.30 bits per heavy atom. The fourth-order valence-electron chi connectivity index (χ4n) is 3.27. The monoisotopic (exact) mass is 276 g/mol. The van der Waals surface area contributed by atoms with Gasteiger partial charge in [-0.15, -0.1) is 0 Å². The third-order valence-electron chi connectivity index (χ3n) is 4.98. The summed E-state index contributed by atoms with van der Waals surface area (Å²) in [6.45, 7) is 10.2. The molecule has 0 amide bonds. The highest BCUT2D eigenvalue weighted by Gasteiger charge is 2.36. The second kappa shape index (κ2) is 5.90. The van der Waals surface area contributed by atoms with Crippen molar-refractivity contribution in [2.24, 2.45) is 5.92 Å². The van der Waals surface area contributed by atoms with E-state index in [1.807, 2.05) is 0 Å². The van der Waals surface area contributed by atoms with Crippen LogP contribution in [0.5, 0.6) is 0 Å². The van der Waals surface area contributed by atoms with Gasteiger partial charge in [0, 0.05) is 18.0 Å². The molecule has 1 aliphatic carbocycles. The molecule has 2 heterocycles. The van der Waals surface area contributed by atoms with E-state index in [0.717, 1.165) is 18.2 Å². The van der Waals surface area contributed by atoms with Gasteiger partial charge in [0.05, 0.1) is 6.54 Å². The highest BCUT2D eigenvalue weighted by Crippen LogP contribution is 2.47. The van der Waals surface area contributed by atoms with Gasteiger partial charge in [0.2, 0.25) is 0 Å². The zero-order chi connectivity index (χ0) is 14.1. The number of furan rings is 1. The average Bonchev–Trinajstić information content (AvgIpc) is 3.00. The molecular weight excluding hydrogens is 248 g/mol. The molecule has 1 aromatic rings. The molecule has 0 radical (unpaired) electrons. The molecule has 3 heteroatoms. The Labute approximate surface area is 122 Å². The number of nitrogens with one attached hydrogen (secondary N) is 1. The van der Waals surface area contributed by atoms with Crippen molar-refractivity contribution in [3.63, 3.8) is 0 Å². The van der Waals surface area contributed by atoms with Crippen LogP contribution < -0.4 is 5.32 Å². The molecule has 0 spiro atoms. The smallest absolute Gasteiger partial charge is 0.117 e. The number of likely N-dealkylation sites (tertiary alicyclic amines) is 1. The van der Waals surface area contributed by atoms with Crippen molar-refractivity contribution in [3.05, 3.63) is 23.7 Å². The SMILES string of the molecule is CC1CC1c1ccc(CNC2CCN(C(C)C)CC2)o1. The van der Waals surface area contributed by atoms with Gasteiger partial charge in [0.25, 0.3) is 0 Å². The lowest BCUT2D eigenvalue weighted by Crippen LogP contribution is -2.44. The zero-order valence-corrected chi connectivity index (χ0v) is 13.1. The van der Waals surface area contributed by atoms with Gasteiger partial charge in [0.1, 0.15) is 11.5 Å². The summed E-state index contributed by atoms with van der Waals surface area (Å²) in [6, 6.07) is 5.66. The van der Waals surface area contributed by atoms with Crippen molar-refractivity contribution in [3.8, 4) is 0 Å². The molecule has 2 atom stereocenters. The van der Waals surface area contributed by atoms with E-state index in [1.165, 1.54) is 38.1 Å². The summed E-state index contributed by atoms with van der Waals surface area (Å²) in [5, 5.41) is 3.66. The lowest BCUT2D eigenvalue weighted by molar-refractivity contribution is 0.160. The third kappa shape index (κ3) is 3.26. The van der Waals surface area contributed by atoms with Crippen molar-refractivity contribution in [2.45, 2.75) is 64.6 Å². The molecule has 2 fully saturated rings. The van der Waals surface area contributed by atoms with Gasteiger partial charge in [0.15, 0.2) is 0 Å². The molecule has 112 valence electrons. The second-order valence-corrected chi connectivity index (χ2v) is 6.91. The van der Waals surface area contributed by atoms with Crippen LogP contribution in [-0.2, 0) is 6.54 Å². The number of piperidine rings is 1. The Hall–Kier alpha value is -0.800. The lowest BCUT2D eigenvalue weighted by Gasteiger charge is -2.34. The maximum Gasteiger partial charge on any atom is 0.117 e. The standard InChI is InChI=1S/C17H28N2O/c1-12(2)19-8-6-14(7-9-19)18-11-15-4-5-17(20-15)16-10-13(16)3/h4-5,12-14,16,18H,6-11H2,1-3H3. The van der Waals surface area contributed by atoms with Gasteiger partial charge in [-0.25, -0.2) is 0 Å². The predicted molar refractivity (Wildman–Crippen MR) is 81.8 cm³/mol. The van der Waals surface area contributed by atoms with E-state index in [9.17, 15) is 0 Å². The first-order valence-electron chi connectivity index (χ1n) is 8.19. The molecule has 3 nitrogen and oxygen atoms in total. The average molecular weight is 276 g/mol. The van der Waals surface area contributed by atoms with Gasteiger partial charge in [-0.2, -0.15) is 0 Å². The van der Waals surface area contributed by atoms with E-state index in [4.69, 9.17) is 4.42 Å². The van der Waals surface area contributed by atoms with Gasteiger partial charge in [-0.1, -0.05) is 6.92 Å². The number of hydrogen-bond donors (Lipinski definition) is 1. The third-order valence-corrected chi connectivity index (χ3v) is 4.98. The van der Waals surface area contributed by atoms with Crippen LogP contribution in [0.25, 0.3) is 0 Å². The number of nitrogens with zero attached hydrogens (tertiary/aromatic N) is 1. The highest BCUT2D eigenvalue weighted by molar-refractivity contribution is 5.17. The zero-order valence-electron chi connectivity index (χ0n) is 13.1. The van der Waals surface area contributed by atoms with Crippen molar-refractivity contribution >= 4 is 0 Å². The van der Waals surface area contributed by atoms with Gasteiger partial charge < -0.3 is 14.6 Å². The van der Waals surface area contributed by atoms with Gasteiger partial charge >= 0.3 is 0 Å². The Morgan fingerprint density at radius 2 is 2.00 bits per heavy atom. The van der Waals surface area contributed by atoms with Crippen LogP contribution in [0.1, 0.15) is 57.5 Å². The largest absolute Gasteiger partial charge is 0.464 e. The van der Waals surface area contributed by atoms with E-state index < -0.39 is 0 Å². The lowest BCUT2D eigenvalue weighted by atomic mass is 10.0.